The lowest BCUT2D eigenvalue weighted by Gasteiger charge is -2.37. The van der Waals surface area contributed by atoms with E-state index in [9.17, 15) is 0 Å². The molecule has 0 radical (unpaired) electrons. The van der Waals surface area contributed by atoms with Crippen LogP contribution in [0.5, 0.6) is 0 Å². The van der Waals surface area contributed by atoms with Gasteiger partial charge in [-0.25, -0.2) is 0 Å². The maximum Gasteiger partial charge on any atom is -0.0386 e. The van der Waals surface area contributed by atoms with Gasteiger partial charge < -0.3 is 0 Å². The topological polar surface area (TPSA) is 0 Å². The fourth-order valence-electron chi connectivity index (χ4n) is 4.14. The third-order valence-corrected chi connectivity index (χ3v) is 5.60. The minimum Gasteiger partial charge on any atom is -0.0651 e. The maximum atomic E-state index is 2.37. The van der Waals surface area contributed by atoms with Crippen molar-refractivity contribution in [1.29, 1.82) is 0 Å². The second-order valence-electron chi connectivity index (χ2n) is 6.38. The molecule has 0 heteroatoms. The molecule has 2 fully saturated rings. The van der Waals surface area contributed by atoms with Gasteiger partial charge in [-0.1, -0.05) is 52.4 Å². The highest BCUT2D eigenvalue weighted by molar-refractivity contribution is 4.81. The molecule has 0 aliphatic heterocycles. The van der Waals surface area contributed by atoms with Gasteiger partial charge in [-0.05, 0) is 49.4 Å². The van der Waals surface area contributed by atoms with Crippen molar-refractivity contribution in [2.75, 3.05) is 0 Å². The van der Waals surface area contributed by atoms with Gasteiger partial charge in [0.05, 0.1) is 0 Å². The molecule has 0 spiro atoms. The Kier molecular flexibility index (Phi) is 4.73. The fraction of sp³-hybridized carbons (Fsp3) is 1.00. The third-order valence-electron chi connectivity index (χ3n) is 5.60. The monoisotopic (exact) mass is 222 g/mol. The van der Waals surface area contributed by atoms with Gasteiger partial charge in [-0.2, -0.15) is 0 Å². The van der Waals surface area contributed by atoms with E-state index in [1.807, 2.05) is 0 Å². The summed E-state index contributed by atoms with van der Waals surface area (Å²) in [6, 6.07) is 0. The van der Waals surface area contributed by atoms with Gasteiger partial charge in [0.15, 0.2) is 0 Å². The normalized spacial score (nSPS) is 40.9. The van der Waals surface area contributed by atoms with Crippen LogP contribution in [0.15, 0.2) is 0 Å². The van der Waals surface area contributed by atoms with E-state index < -0.39 is 0 Å². The molecule has 0 saturated heterocycles. The molecule has 0 unspecified atom stereocenters. The second-order valence-corrected chi connectivity index (χ2v) is 6.38. The summed E-state index contributed by atoms with van der Waals surface area (Å²) in [6.45, 7) is 4.74. The van der Waals surface area contributed by atoms with E-state index in [-0.39, 0.29) is 0 Å². The van der Waals surface area contributed by atoms with E-state index in [4.69, 9.17) is 0 Å². The molecule has 0 atom stereocenters. The Morgan fingerprint density at radius 2 is 0.875 bits per heavy atom. The zero-order valence-electron chi connectivity index (χ0n) is 11.4. The van der Waals surface area contributed by atoms with Gasteiger partial charge in [-0.15, -0.1) is 0 Å². The standard InChI is InChI=1S/C16H30/c1-3-13-5-9-15(10-6-13)16-11-7-14(4-2)8-12-16/h13-16H,3-12H2,1-2H3/t13-,14-,15-,16-. The second kappa shape index (κ2) is 6.07. The van der Waals surface area contributed by atoms with Gasteiger partial charge in [-0.3, -0.25) is 0 Å². The largest absolute Gasteiger partial charge is 0.0651 e. The molecule has 16 heavy (non-hydrogen) atoms. The van der Waals surface area contributed by atoms with Gasteiger partial charge >= 0.3 is 0 Å². The Morgan fingerprint density at radius 3 is 1.12 bits per heavy atom. The fourth-order valence-corrected chi connectivity index (χ4v) is 4.14. The van der Waals surface area contributed by atoms with Crippen LogP contribution in [0.2, 0.25) is 0 Å². The Morgan fingerprint density at radius 1 is 0.562 bits per heavy atom. The van der Waals surface area contributed by atoms with Crippen molar-refractivity contribution < 1.29 is 0 Å². The summed E-state index contributed by atoms with van der Waals surface area (Å²) in [5.41, 5.74) is 0. The van der Waals surface area contributed by atoms with Crippen LogP contribution in [-0.4, -0.2) is 0 Å². The van der Waals surface area contributed by atoms with Gasteiger partial charge in [0.25, 0.3) is 0 Å². The summed E-state index contributed by atoms with van der Waals surface area (Å²) in [7, 11) is 0. The Bertz CT molecular complexity index is 158. The highest BCUT2D eigenvalue weighted by Gasteiger charge is 2.29. The van der Waals surface area contributed by atoms with Crippen molar-refractivity contribution in [1.82, 2.24) is 0 Å². The van der Waals surface area contributed by atoms with Crippen LogP contribution >= 0.6 is 0 Å². The van der Waals surface area contributed by atoms with E-state index >= 15 is 0 Å². The van der Waals surface area contributed by atoms with Crippen LogP contribution in [0.25, 0.3) is 0 Å². The van der Waals surface area contributed by atoms with Crippen LogP contribution < -0.4 is 0 Å². The predicted octanol–water partition coefficient (Wildman–Crippen LogP) is 5.42. The Hall–Kier alpha value is 0. The average molecular weight is 222 g/mol. The molecule has 94 valence electrons. The van der Waals surface area contributed by atoms with Crippen LogP contribution in [0.3, 0.4) is 0 Å². The summed E-state index contributed by atoms with van der Waals surface area (Å²) in [5.74, 6) is 4.37. The van der Waals surface area contributed by atoms with E-state index in [2.05, 4.69) is 13.8 Å². The third kappa shape index (κ3) is 3.02. The van der Waals surface area contributed by atoms with Crippen molar-refractivity contribution >= 4 is 0 Å². The first-order valence-electron chi connectivity index (χ1n) is 7.83. The SMILES string of the molecule is CC[C@H]1CC[C@H]([C@H]2CC[C@H](CC)CC2)CC1. The molecule has 2 aliphatic rings. The first-order chi connectivity index (χ1) is 7.83. The summed E-state index contributed by atoms with van der Waals surface area (Å²) in [4.78, 5) is 0. The van der Waals surface area contributed by atoms with E-state index in [1.165, 1.54) is 38.5 Å². The van der Waals surface area contributed by atoms with E-state index in [0.717, 1.165) is 23.7 Å². The molecular weight excluding hydrogens is 192 g/mol. The van der Waals surface area contributed by atoms with Crippen molar-refractivity contribution in [3.63, 3.8) is 0 Å². The summed E-state index contributed by atoms with van der Waals surface area (Å²) in [6.07, 6.45) is 15.2. The molecule has 0 amide bonds. The minimum atomic E-state index is 1.07. The number of hydrogen-bond donors (Lipinski definition) is 0. The molecule has 0 N–H and O–H groups in total. The predicted molar refractivity (Wildman–Crippen MR) is 71.5 cm³/mol. The molecule has 2 rings (SSSR count). The number of rotatable bonds is 3. The molecular formula is C16H30. The van der Waals surface area contributed by atoms with Crippen molar-refractivity contribution in [2.24, 2.45) is 23.7 Å². The van der Waals surface area contributed by atoms with Crippen LogP contribution in [0, 0.1) is 23.7 Å². The summed E-state index contributed by atoms with van der Waals surface area (Å²) < 4.78 is 0. The highest BCUT2D eigenvalue weighted by atomic mass is 14.3. The van der Waals surface area contributed by atoms with E-state index in [0.29, 0.717) is 0 Å². The summed E-state index contributed by atoms with van der Waals surface area (Å²) >= 11 is 0. The molecule has 0 heterocycles. The number of hydrogen-bond acceptors (Lipinski definition) is 0. The van der Waals surface area contributed by atoms with Gasteiger partial charge in [0, 0.05) is 0 Å². The lowest BCUT2D eigenvalue weighted by molar-refractivity contribution is 0.144. The smallest absolute Gasteiger partial charge is 0.0386 e. The minimum absolute atomic E-state index is 1.07. The molecule has 0 nitrogen and oxygen atoms in total. The quantitative estimate of drug-likeness (QED) is 0.598. The molecule has 0 aromatic rings. The van der Waals surface area contributed by atoms with Crippen molar-refractivity contribution in [3.8, 4) is 0 Å². The molecule has 2 aliphatic carbocycles. The van der Waals surface area contributed by atoms with Crippen LogP contribution in [0.4, 0.5) is 0 Å². The molecule has 0 aromatic heterocycles. The van der Waals surface area contributed by atoms with E-state index in [1.54, 1.807) is 25.7 Å². The Balaban J connectivity index is 1.73. The van der Waals surface area contributed by atoms with Crippen LogP contribution in [0.1, 0.15) is 78.1 Å². The van der Waals surface area contributed by atoms with Crippen molar-refractivity contribution in [3.05, 3.63) is 0 Å². The lowest BCUT2D eigenvalue weighted by atomic mass is 9.68. The lowest BCUT2D eigenvalue weighted by Crippen LogP contribution is -2.25. The first kappa shape index (κ1) is 12.5. The summed E-state index contributed by atoms with van der Waals surface area (Å²) in [5, 5.41) is 0. The maximum absolute atomic E-state index is 2.37. The molecule has 0 bridgehead atoms. The molecule has 2 saturated carbocycles. The van der Waals surface area contributed by atoms with Crippen LogP contribution in [-0.2, 0) is 0 Å². The first-order valence-corrected chi connectivity index (χ1v) is 7.83. The van der Waals surface area contributed by atoms with Gasteiger partial charge in [0.2, 0.25) is 0 Å². The van der Waals surface area contributed by atoms with Crippen molar-refractivity contribution in [2.45, 2.75) is 78.1 Å². The Labute approximate surface area is 102 Å². The zero-order valence-corrected chi connectivity index (χ0v) is 11.4. The molecule has 0 aromatic carbocycles. The zero-order chi connectivity index (χ0) is 11.4. The average Bonchev–Trinajstić information content (AvgIpc) is 2.39. The van der Waals surface area contributed by atoms with Gasteiger partial charge in [0.1, 0.15) is 0 Å². The highest BCUT2D eigenvalue weighted by Crippen LogP contribution is 2.42.